The number of benzene rings is 3. The van der Waals surface area contributed by atoms with E-state index >= 15 is 4.39 Å². The number of fused-ring (bicyclic) bond motifs is 3. The third-order valence-electron chi connectivity index (χ3n) is 6.30. The Bertz CT molecular complexity index is 1150. The number of hydrogen-bond donors (Lipinski definition) is 0. The molecule has 0 bridgehead atoms. The molecule has 0 amide bonds. The molecule has 0 nitrogen and oxygen atoms in total. The Labute approximate surface area is 189 Å². The Morgan fingerprint density at radius 3 is 2.09 bits per heavy atom. The van der Waals surface area contributed by atoms with Crippen LogP contribution in [0.1, 0.15) is 54.9 Å². The third kappa shape index (κ3) is 4.66. The molecule has 0 atom stereocenters. The van der Waals surface area contributed by atoms with Crippen molar-refractivity contribution in [3.63, 3.8) is 0 Å². The minimum atomic E-state index is -5.17. The maximum atomic E-state index is 15.4. The van der Waals surface area contributed by atoms with E-state index in [2.05, 4.69) is 13.0 Å². The first-order chi connectivity index (χ1) is 15.7. The molecular formula is C27H24F6. The minimum Gasteiger partial charge on any atom is -0.206 e. The van der Waals surface area contributed by atoms with E-state index in [0.717, 1.165) is 24.0 Å². The van der Waals surface area contributed by atoms with Crippen LogP contribution >= 0.6 is 0 Å². The van der Waals surface area contributed by atoms with Crippen LogP contribution in [-0.2, 0) is 25.4 Å². The molecule has 4 rings (SSSR count). The van der Waals surface area contributed by atoms with Gasteiger partial charge in [-0.05, 0) is 71.2 Å². The number of rotatable bonds is 6. The van der Waals surface area contributed by atoms with E-state index in [1.165, 1.54) is 30.9 Å². The lowest BCUT2D eigenvalue weighted by molar-refractivity contribution is -0.142. The van der Waals surface area contributed by atoms with Gasteiger partial charge in [-0.3, -0.25) is 0 Å². The van der Waals surface area contributed by atoms with Gasteiger partial charge in [0.2, 0.25) is 0 Å². The van der Waals surface area contributed by atoms with E-state index in [1.807, 2.05) is 12.1 Å². The zero-order valence-electron chi connectivity index (χ0n) is 18.3. The van der Waals surface area contributed by atoms with Crippen molar-refractivity contribution >= 4 is 0 Å². The second-order valence-electron chi connectivity index (χ2n) is 8.57. The Hall–Kier alpha value is -2.76. The maximum absolute atomic E-state index is 15.4. The Kier molecular flexibility index (Phi) is 6.55. The van der Waals surface area contributed by atoms with E-state index in [0.29, 0.717) is 36.1 Å². The molecule has 0 saturated heterocycles. The first-order valence-electron chi connectivity index (χ1n) is 11.2. The van der Waals surface area contributed by atoms with Crippen LogP contribution in [0.25, 0.3) is 22.3 Å². The molecule has 33 heavy (non-hydrogen) atoms. The molecule has 1 aliphatic carbocycles. The summed E-state index contributed by atoms with van der Waals surface area (Å²) in [5.74, 6) is -4.17. The highest BCUT2D eigenvalue weighted by Gasteiger charge is 2.38. The monoisotopic (exact) mass is 462 g/mol. The summed E-state index contributed by atoms with van der Waals surface area (Å²) in [7, 11) is 0. The molecule has 174 valence electrons. The maximum Gasteiger partial charge on any atom is 0.422 e. The molecule has 1 aliphatic rings. The Balaban J connectivity index is 1.67. The summed E-state index contributed by atoms with van der Waals surface area (Å²) >= 11 is 0. The fourth-order valence-corrected chi connectivity index (χ4v) is 4.63. The molecule has 6 heteroatoms. The van der Waals surface area contributed by atoms with Gasteiger partial charge in [0.15, 0.2) is 0 Å². The molecule has 3 aromatic rings. The van der Waals surface area contributed by atoms with Crippen molar-refractivity contribution in [3.8, 4) is 22.3 Å². The lowest BCUT2D eigenvalue weighted by atomic mass is 9.82. The number of alkyl halides is 3. The van der Waals surface area contributed by atoms with Gasteiger partial charge >= 0.3 is 6.18 Å². The molecule has 3 aromatic carbocycles. The van der Waals surface area contributed by atoms with Gasteiger partial charge in [0.1, 0.15) is 23.0 Å². The van der Waals surface area contributed by atoms with E-state index in [9.17, 15) is 22.0 Å². The second kappa shape index (κ2) is 9.24. The molecule has 0 aliphatic heterocycles. The highest BCUT2D eigenvalue weighted by molar-refractivity contribution is 5.78. The Morgan fingerprint density at radius 2 is 1.42 bits per heavy atom. The van der Waals surface area contributed by atoms with Gasteiger partial charge in [-0.25, -0.2) is 13.2 Å². The smallest absolute Gasteiger partial charge is 0.206 e. The second-order valence-corrected chi connectivity index (χ2v) is 8.57. The van der Waals surface area contributed by atoms with Crippen molar-refractivity contribution in [1.82, 2.24) is 0 Å². The molecule has 0 heterocycles. The van der Waals surface area contributed by atoms with Gasteiger partial charge in [0, 0.05) is 5.56 Å². The summed E-state index contributed by atoms with van der Waals surface area (Å²) in [4.78, 5) is 0. The number of hydrogen-bond acceptors (Lipinski definition) is 0. The van der Waals surface area contributed by atoms with Gasteiger partial charge in [0.25, 0.3) is 0 Å². The van der Waals surface area contributed by atoms with E-state index in [1.54, 1.807) is 6.07 Å². The molecule has 0 unspecified atom stereocenters. The predicted molar refractivity (Wildman–Crippen MR) is 117 cm³/mol. The average molecular weight is 462 g/mol. The minimum absolute atomic E-state index is 0.115. The van der Waals surface area contributed by atoms with Crippen molar-refractivity contribution in [3.05, 3.63) is 82.2 Å². The van der Waals surface area contributed by atoms with Crippen molar-refractivity contribution < 1.29 is 26.3 Å². The zero-order valence-corrected chi connectivity index (χ0v) is 18.3. The van der Waals surface area contributed by atoms with Crippen LogP contribution in [0.15, 0.2) is 42.5 Å². The third-order valence-corrected chi connectivity index (χ3v) is 6.30. The standard InChI is InChI=1S/C27H24F6/c1-2-3-4-5-6-16-7-9-19-17(13-16)8-10-22-21(19)12-11-20(26(22)30)18-14-23(28)25(24(29)15-18)27(31,32)33/h7,9,11-15H,2-6,8,10H2,1H3. The molecular weight excluding hydrogens is 438 g/mol. The quantitative estimate of drug-likeness (QED) is 0.254. The first kappa shape index (κ1) is 23.4. The van der Waals surface area contributed by atoms with Crippen molar-refractivity contribution in [2.45, 2.75) is 58.0 Å². The molecule has 0 aromatic heterocycles. The van der Waals surface area contributed by atoms with Gasteiger partial charge in [-0.1, -0.05) is 56.5 Å². The fourth-order valence-electron chi connectivity index (χ4n) is 4.63. The van der Waals surface area contributed by atoms with Crippen molar-refractivity contribution in [2.75, 3.05) is 0 Å². The van der Waals surface area contributed by atoms with Crippen LogP contribution in [0.4, 0.5) is 26.3 Å². The zero-order chi connectivity index (χ0) is 23.8. The highest BCUT2D eigenvalue weighted by atomic mass is 19.4. The number of aryl methyl sites for hydroxylation is 2. The summed E-state index contributed by atoms with van der Waals surface area (Å²) in [6.45, 7) is 2.17. The van der Waals surface area contributed by atoms with Crippen LogP contribution in [0.3, 0.4) is 0 Å². The first-order valence-corrected chi connectivity index (χ1v) is 11.2. The Morgan fingerprint density at radius 1 is 0.758 bits per heavy atom. The van der Waals surface area contributed by atoms with Gasteiger partial charge in [0.05, 0.1) is 0 Å². The lowest BCUT2D eigenvalue weighted by Gasteiger charge is -2.23. The van der Waals surface area contributed by atoms with E-state index in [-0.39, 0.29) is 11.1 Å². The van der Waals surface area contributed by atoms with Crippen LogP contribution in [-0.4, -0.2) is 0 Å². The molecule has 0 spiro atoms. The van der Waals surface area contributed by atoms with Gasteiger partial charge in [-0.15, -0.1) is 0 Å². The lowest BCUT2D eigenvalue weighted by Crippen LogP contribution is -2.12. The highest BCUT2D eigenvalue weighted by Crippen LogP contribution is 2.40. The molecule has 0 saturated carbocycles. The topological polar surface area (TPSA) is 0 Å². The fraction of sp³-hybridized carbons (Fsp3) is 0.333. The number of unbranched alkanes of at least 4 members (excludes halogenated alkanes) is 3. The van der Waals surface area contributed by atoms with Gasteiger partial charge in [-0.2, -0.15) is 13.2 Å². The number of halogens is 6. The normalized spacial score (nSPS) is 13.1. The summed E-state index contributed by atoms with van der Waals surface area (Å²) in [5.41, 5.74) is 2.09. The van der Waals surface area contributed by atoms with Crippen molar-refractivity contribution in [1.29, 1.82) is 0 Å². The molecule has 0 N–H and O–H groups in total. The average Bonchev–Trinajstić information content (AvgIpc) is 2.75. The summed E-state index contributed by atoms with van der Waals surface area (Å²) < 4.78 is 82.1. The molecule has 0 fully saturated rings. The summed E-state index contributed by atoms with van der Waals surface area (Å²) in [6, 6.07) is 10.3. The van der Waals surface area contributed by atoms with Crippen LogP contribution in [0, 0.1) is 17.5 Å². The summed E-state index contributed by atoms with van der Waals surface area (Å²) in [6.07, 6.45) is 1.58. The molecule has 0 radical (unpaired) electrons. The summed E-state index contributed by atoms with van der Waals surface area (Å²) in [5, 5.41) is 0. The SMILES string of the molecule is CCCCCCc1ccc2c(c1)CCc1c-2ccc(-c2cc(F)c(C(F)(F)F)c(F)c2)c1F. The van der Waals surface area contributed by atoms with Crippen LogP contribution in [0.5, 0.6) is 0 Å². The predicted octanol–water partition coefficient (Wildman–Crippen LogP) is 8.68. The van der Waals surface area contributed by atoms with Crippen LogP contribution in [0.2, 0.25) is 0 Å². The largest absolute Gasteiger partial charge is 0.422 e. The van der Waals surface area contributed by atoms with Crippen molar-refractivity contribution in [2.24, 2.45) is 0 Å². The van der Waals surface area contributed by atoms with Gasteiger partial charge < -0.3 is 0 Å². The van der Waals surface area contributed by atoms with E-state index in [4.69, 9.17) is 0 Å². The van der Waals surface area contributed by atoms with E-state index < -0.39 is 29.2 Å². The van der Waals surface area contributed by atoms with Crippen LogP contribution < -0.4 is 0 Å².